The summed E-state index contributed by atoms with van der Waals surface area (Å²) in [6, 6.07) is 0. The molecule has 0 unspecified atom stereocenters. The molecule has 0 aromatic rings. The standard InChI is InChI=1S/C18H32N2O4/c1-15(2)17(21)19-9-13-23-11-7-5-6-8-12-24-14-10-20-18(22)16(3)4/h1,3,5-14H2,2,4H3,(H,19,21)(H,20,22). The molecule has 6 heteroatoms. The van der Waals surface area contributed by atoms with Crippen LogP contribution in [0.5, 0.6) is 0 Å². The van der Waals surface area contributed by atoms with Crippen LogP contribution in [0.25, 0.3) is 0 Å². The Balaban J connectivity index is 3.18. The van der Waals surface area contributed by atoms with Crippen molar-refractivity contribution < 1.29 is 19.1 Å². The number of amides is 2. The van der Waals surface area contributed by atoms with Crippen molar-refractivity contribution in [1.82, 2.24) is 10.6 Å². The zero-order valence-corrected chi connectivity index (χ0v) is 15.1. The molecule has 0 aliphatic carbocycles. The number of carbonyl (C=O) groups excluding carboxylic acids is 2. The lowest BCUT2D eigenvalue weighted by atomic mass is 10.2. The SMILES string of the molecule is C=C(C)C(=O)NCCOCCCCCCOCCNC(=O)C(=C)C. The van der Waals surface area contributed by atoms with E-state index in [0.29, 0.717) is 50.7 Å². The van der Waals surface area contributed by atoms with Gasteiger partial charge in [0.25, 0.3) is 0 Å². The average molecular weight is 340 g/mol. The lowest BCUT2D eigenvalue weighted by Gasteiger charge is -2.07. The molecule has 0 saturated heterocycles. The minimum Gasteiger partial charge on any atom is -0.380 e. The van der Waals surface area contributed by atoms with Gasteiger partial charge in [-0.2, -0.15) is 0 Å². The molecule has 0 fully saturated rings. The molecule has 0 heterocycles. The van der Waals surface area contributed by atoms with E-state index in [-0.39, 0.29) is 11.8 Å². The van der Waals surface area contributed by atoms with Crippen LogP contribution in [-0.4, -0.2) is 51.3 Å². The molecule has 0 bridgehead atoms. The van der Waals surface area contributed by atoms with E-state index >= 15 is 0 Å². The highest BCUT2D eigenvalue weighted by atomic mass is 16.5. The van der Waals surface area contributed by atoms with Gasteiger partial charge in [0.05, 0.1) is 13.2 Å². The zero-order valence-electron chi connectivity index (χ0n) is 15.1. The number of unbranched alkanes of at least 4 members (excludes halogenated alkanes) is 3. The first-order valence-electron chi connectivity index (χ1n) is 8.48. The Labute approximate surface area is 145 Å². The Morgan fingerprint density at radius 1 is 0.708 bits per heavy atom. The molecule has 0 aromatic carbocycles. The quantitative estimate of drug-likeness (QED) is 0.353. The summed E-state index contributed by atoms with van der Waals surface area (Å²) in [7, 11) is 0. The van der Waals surface area contributed by atoms with E-state index in [1.54, 1.807) is 13.8 Å². The Kier molecular flexibility index (Phi) is 13.9. The van der Waals surface area contributed by atoms with E-state index < -0.39 is 0 Å². The maximum absolute atomic E-state index is 11.2. The number of carbonyl (C=O) groups is 2. The fourth-order valence-electron chi connectivity index (χ4n) is 1.74. The Hall–Kier alpha value is -1.66. The van der Waals surface area contributed by atoms with E-state index in [4.69, 9.17) is 9.47 Å². The summed E-state index contributed by atoms with van der Waals surface area (Å²) in [6.45, 7) is 14.0. The van der Waals surface area contributed by atoms with Crippen LogP contribution in [0.1, 0.15) is 39.5 Å². The van der Waals surface area contributed by atoms with E-state index in [1.807, 2.05) is 0 Å². The van der Waals surface area contributed by atoms with Crippen molar-refractivity contribution in [3.63, 3.8) is 0 Å². The highest BCUT2D eigenvalue weighted by Gasteiger charge is 2.00. The third-order valence-electron chi connectivity index (χ3n) is 3.17. The summed E-state index contributed by atoms with van der Waals surface area (Å²) < 4.78 is 10.9. The number of nitrogens with one attached hydrogen (secondary N) is 2. The van der Waals surface area contributed by atoms with Gasteiger partial charge in [-0.1, -0.05) is 26.0 Å². The van der Waals surface area contributed by atoms with Crippen LogP contribution in [0, 0.1) is 0 Å². The monoisotopic (exact) mass is 340 g/mol. The molecule has 0 aliphatic rings. The van der Waals surface area contributed by atoms with Gasteiger partial charge in [-0.25, -0.2) is 0 Å². The summed E-state index contributed by atoms with van der Waals surface area (Å²) in [5.74, 6) is -0.254. The molecule has 0 aliphatic heterocycles. The molecule has 138 valence electrons. The molecule has 0 radical (unpaired) electrons. The molecule has 2 N–H and O–H groups in total. The Morgan fingerprint density at radius 2 is 1.08 bits per heavy atom. The molecule has 0 rings (SSSR count). The minimum absolute atomic E-state index is 0.127. The fraction of sp³-hybridized carbons (Fsp3) is 0.667. The van der Waals surface area contributed by atoms with Gasteiger partial charge in [-0.3, -0.25) is 9.59 Å². The molecule has 0 atom stereocenters. The summed E-state index contributed by atoms with van der Waals surface area (Å²) >= 11 is 0. The average Bonchev–Trinajstić information content (AvgIpc) is 2.54. The summed E-state index contributed by atoms with van der Waals surface area (Å²) in [5, 5.41) is 5.44. The van der Waals surface area contributed by atoms with E-state index in [9.17, 15) is 9.59 Å². The van der Waals surface area contributed by atoms with Gasteiger partial charge in [0.2, 0.25) is 11.8 Å². The highest BCUT2D eigenvalue weighted by molar-refractivity contribution is 5.92. The van der Waals surface area contributed by atoms with Crippen LogP contribution in [0.15, 0.2) is 24.3 Å². The van der Waals surface area contributed by atoms with Gasteiger partial charge in [0.1, 0.15) is 0 Å². The van der Waals surface area contributed by atoms with Crippen LogP contribution in [0.3, 0.4) is 0 Å². The van der Waals surface area contributed by atoms with E-state index in [2.05, 4.69) is 23.8 Å². The molecular formula is C18H32N2O4. The normalized spacial score (nSPS) is 10.2. The van der Waals surface area contributed by atoms with E-state index in [1.165, 1.54) is 0 Å². The van der Waals surface area contributed by atoms with Crippen molar-refractivity contribution in [2.75, 3.05) is 39.5 Å². The van der Waals surface area contributed by atoms with Gasteiger partial charge >= 0.3 is 0 Å². The number of hydrogen-bond acceptors (Lipinski definition) is 4. The second kappa shape index (κ2) is 14.9. The number of hydrogen-bond donors (Lipinski definition) is 2. The highest BCUT2D eigenvalue weighted by Crippen LogP contribution is 2.00. The Morgan fingerprint density at radius 3 is 1.42 bits per heavy atom. The topological polar surface area (TPSA) is 76.7 Å². The molecule has 6 nitrogen and oxygen atoms in total. The second-order valence-electron chi connectivity index (χ2n) is 5.71. The van der Waals surface area contributed by atoms with Gasteiger partial charge in [0.15, 0.2) is 0 Å². The maximum atomic E-state index is 11.2. The van der Waals surface area contributed by atoms with Crippen molar-refractivity contribution in [1.29, 1.82) is 0 Å². The predicted molar refractivity (Wildman–Crippen MR) is 95.8 cm³/mol. The summed E-state index contributed by atoms with van der Waals surface area (Å²) in [5.41, 5.74) is 1.02. The number of ether oxygens (including phenoxy) is 2. The van der Waals surface area contributed by atoms with Gasteiger partial charge in [-0.15, -0.1) is 0 Å². The van der Waals surface area contributed by atoms with Crippen LogP contribution >= 0.6 is 0 Å². The molecule has 2 amide bonds. The van der Waals surface area contributed by atoms with Crippen molar-refractivity contribution in [3.05, 3.63) is 24.3 Å². The Bertz CT molecular complexity index is 370. The van der Waals surface area contributed by atoms with Crippen molar-refractivity contribution >= 4 is 11.8 Å². The van der Waals surface area contributed by atoms with Crippen LogP contribution in [0.4, 0.5) is 0 Å². The fourth-order valence-corrected chi connectivity index (χ4v) is 1.74. The van der Waals surface area contributed by atoms with Crippen LogP contribution in [-0.2, 0) is 19.1 Å². The zero-order chi connectivity index (χ0) is 18.2. The van der Waals surface area contributed by atoms with Crippen molar-refractivity contribution in [2.24, 2.45) is 0 Å². The van der Waals surface area contributed by atoms with Gasteiger partial charge in [-0.05, 0) is 26.7 Å². The number of rotatable bonds is 15. The largest absolute Gasteiger partial charge is 0.380 e. The smallest absolute Gasteiger partial charge is 0.246 e. The van der Waals surface area contributed by atoms with Gasteiger partial charge < -0.3 is 20.1 Å². The molecule has 24 heavy (non-hydrogen) atoms. The summed E-state index contributed by atoms with van der Waals surface area (Å²) in [4.78, 5) is 22.4. The molecule has 0 aromatic heterocycles. The second-order valence-corrected chi connectivity index (χ2v) is 5.71. The third kappa shape index (κ3) is 14.0. The van der Waals surface area contributed by atoms with Crippen LogP contribution in [0.2, 0.25) is 0 Å². The first kappa shape index (κ1) is 22.3. The van der Waals surface area contributed by atoms with Crippen LogP contribution < -0.4 is 10.6 Å². The van der Waals surface area contributed by atoms with E-state index in [0.717, 1.165) is 25.7 Å². The first-order valence-corrected chi connectivity index (χ1v) is 8.48. The lowest BCUT2D eigenvalue weighted by Crippen LogP contribution is -2.27. The first-order chi connectivity index (χ1) is 11.4. The lowest BCUT2D eigenvalue weighted by molar-refractivity contribution is -0.118. The third-order valence-corrected chi connectivity index (χ3v) is 3.17. The molecular weight excluding hydrogens is 308 g/mol. The predicted octanol–water partition coefficient (Wildman–Crippen LogP) is 1.96. The minimum atomic E-state index is -0.127. The van der Waals surface area contributed by atoms with Gasteiger partial charge in [0, 0.05) is 37.4 Å². The molecule has 0 saturated carbocycles. The van der Waals surface area contributed by atoms with Crippen molar-refractivity contribution in [2.45, 2.75) is 39.5 Å². The summed E-state index contributed by atoms with van der Waals surface area (Å²) in [6.07, 6.45) is 4.19. The van der Waals surface area contributed by atoms with Crippen molar-refractivity contribution in [3.8, 4) is 0 Å². The maximum Gasteiger partial charge on any atom is 0.246 e. The molecule has 0 spiro atoms.